The molecule has 0 aliphatic carbocycles. The molecule has 0 spiro atoms. The van der Waals surface area contributed by atoms with E-state index in [4.69, 9.17) is 4.74 Å². The van der Waals surface area contributed by atoms with Gasteiger partial charge in [-0.1, -0.05) is 0 Å². The van der Waals surface area contributed by atoms with Crippen molar-refractivity contribution in [3.8, 4) is 11.5 Å². The summed E-state index contributed by atoms with van der Waals surface area (Å²) in [7, 11) is 1.62. The Kier molecular flexibility index (Phi) is 3.71. The number of fused-ring (bicyclic) bond motifs is 1. The van der Waals surface area contributed by atoms with Crippen molar-refractivity contribution >= 4 is 27.1 Å². The molecule has 108 valence electrons. The number of benzene rings is 2. The van der Waals surface area contributed by atoms with Crippen molar-refractivity contribution in [2.24, 2.45) is 0 Å². The molecule has 1 atom stereocenters. The predicted molar refractivity (Wildman–Crippen MR) is 88.5 cm³/mol. The maximum absolute atomic E-state index is 10.0. The summed E-state index contributed by atoms with van der Waals surface area (Å²) in [4.78, 5) is 0. The van der Waals surface area contributed by atoms with E-state index < -0.39 is 0 Å². The molecule has 3 rings (SSSR count). The molecule has 0 amide bonds. The maximum Gasteiger partial charge on any atom is 0.121 e. The van der Waals surface area contributed by atoms with E-state index in [1.807, 2.05) is 13.0 Å². The lowest BCUT2D eigenvalue weighted by Crippen LogP contribution is -2.07. The fourth-order valence-corrected chi connectivity index (χ4v) is 3.16. The highest BCUT2D eigenvalue weighted by atomic mass is 32.1. The van der Waals surface area contributed by atoms with E-state index in [-0.39, 0.29) is 11.8 Å². The molecule has 0 radical (unpaired) electrons. The Balaban J connectivity index is 1.86. The number of aromatic hydroxyl groups is 1. The summed E-state index contributed by atoms with van der Waals surface area (Å²) < 4.78 is 6.50. The van der Waals surface area contributed by atoms with Gasteiger partial charge in [0.2, 0.25) is 0 Å². The smallest absolute Gasteiger partial charge is 0.121 e. The van der Waals surface area contributed by atoms with E-state index in [9.17, 15) is 5.11 Å². The molecule has 3 aromatic rings. The number of nitrogens with one attached hydrogen (secondary N) is 1. The lowest BCUT2D eigenvalue weighted by molar-refractivity contribution is 0.410. The lowest BCUT2D eigenvalue weighted by atomic mass is 10.1. The van der Waals surface area contributed by atoms with Gasteiger partial charge in [0.15, 0.2) is 0 Å². The number of anilines is 1. The summed E-state index contributed by atoms with van der Waals surface area (Å²) in [6, 6.07) is 13.7. The van der Waals surface area contributed by atoms with E-state index in [1.165, 1.54) is 10.1 Å². The molecule has 3 nitrogen and oxygen atoms in total. The summed E-state index contributed by atoms with van der Waals surface area (Å²) in [6.07, 6.45) is 0. The van der Waals surface area contributed by atoms with E-state index in [0.717, 1.165) is 17.0 Å². The molecule has 0 aliphatic heterocycles. The SMILES string of the molecule is COc1ccc(O)c(C(C)Nc2ccc3sccc3c2)c1. The second-order valence-electron chi connectivity index (χ2n) is 4.96. The van der Waals surface area contributed by atoms with Gasteiger partial charge < -0.3 is 15.2 Å². The van der Waals surface area contributed by atoms with Crippen LogP contribution >= 0.6 is 11.3 Å². The zero-order chi connectivity index (χ0) is 14.8. The lowest BCUT2D eigenvalue weighted by Gasteiger charge is -2.18. The summed E-state index contributed by atoms with van der Waals surface area (Å²) in [5.74, 6) is 1.01. The van der Waals surface area contributed by atoms with Crippen molar-refractivity contribution < 1.29 is 9.84 Å². The van der Waals surface area contributed by atoms with Crippen molar-refractivity contribution in [3.05, 3.63) is 53.4 Å². The maximum atomic E-state index is 10.0. The highest BCUT2D eigenvalue weighted by molar-refractivity contribution is 7.17. The number of hydrogen-bond donors (Lipinski definition) is 2. The molecule has 0 bridgehead atoms. The van der Waals surface area contributed by atoms with Crippen molar-refractivity contribution in [1.29, 1.82) is 0 Å². The van der Waals surface area contributed by atoms with Crippen LogP contribution in [0.25, 0.3) is 10.1 Å². The van der Waals surface area contributed by atoms with Crippen LogP contribution in [0.5, 0.6) is 11.5 Å². The molecular weight excluding hydrogens is 282 g/mol. The molecular formula is C17H17NO2S. The second-order valence-corrected chi connectivity index (χ2v) is 5.91. The minimum Gasteiger partial charge on any atom is -0.508 e. The zero-order valence-electron chi connectivity index (χ0n) is 12.0. The Morgan fingerprint density at radius 1 is 1.14 bits per heavy atom. The van der Waals surface area contributed by atoms with E-state index in [0.29, 0.717) is 0 Å². The molecule has 1 heterocycles. The van der Waals surface area contributed by atoms with Gasteiger partial charge in [-0.25, -0.2) is 0 Å². The van der Waals surface area contributed by atoms with Gasteiger partial charge in [-0.3, -0.25) is 0 Å². The van der Waals surface area contributed by atoms with Crippen molar-refractivity contribution in [3.63, 3.8) is 0 Å². The van der Waals surface area contributed by atoms with Gasteiger partial charge in [-0.2, -0.15) is 0 Å². The number of methoxy groups -OCH3 is 1. The van der Waals surface area contributed by atoms with Crippen LogP contribution in [0.4, 0.5) is 5.69 Å². The van der Waals surface area contributed by atoms with Gasteiger partial charge in [0.05, 0.1) is 13.2 Å². The van der Waals surface area contributed by atoms with Gasteiger partial charge in [0.25, 0.3) is 0 Å². The number of thiophene rings is 1. The zero-order valence-corrected chi connectivity index (χ0v) is 12.8. The summed E-state index contributed by atoms with van der Waals surface area (Å²) in [6.45, 7) is 2.02. The third-order valence-corrected chi connectivity index (χ3v) is 4.43. The van der Waals surface area contributed by atoms with Crippen LogP contribution in [-0.2, 0) is 0 Å². The Morgan fingerprint density at radius 2 is 2.00 bits per heavy atom. The summed E-state index contributed by atoms with van der Waals surface area (Å²) in [5.41, 5.74) is 1.86. The fourth-order valence-electron chi connectivity index (χ4n) is 2.39. The molecule has 21 heavy (non-hydrogen) atoms. The van der Waals surface area contributed by atoms with Gasteiger partial charge in [-0.05, 0) is 60.2 Å². The van der Waals surface area contributed by atoms with Gasteiger partial charge >= 0.3 is 0 Å². The van der Waals surface area contributed by atoms with Crippen LogP contribution in [0.3, 0.4) is 0 Å². The van der Waals surface area contributed by atoms with Crippen LogP contribution in [-0.4, -0.2) is 12.2 Å². The standard InChI is InChI=1S/C17H17NO2S/c1-11(15-10-14(20-2)4-5-16(15)19)18-13-3-6-17-12(9-13)7-8-21-17/h3-11,18-19H,1-2H3. The fraction of sp³-hybridized carbons (Fsp3) is 0.176. The molecule has 1 unspecified atom stereocenters. The highest BCUT2D eigenvalue weighted by Gasteiger charge is 2.12. The van der Waals surface area contributed by atoms with E-state index in [2.05, 4.69) is 35.0 Å². The first-order chi connectivity index (χ1) is 10.2. The van der Waals surface area contributed by atoms with Gasteiger partial charge in [0.1, 0.15) is 11.5 Å². The normalized spacial score (nSPS) is 12.3. The first-order valence-electron chi connectivity index (χ1n) is 6.78. The average Bonchev–Trinajstić information content (AvgIpc) is 2.95. The molecule has 2 N–H and O–H groups in total. The minimum absolute atomic E-state index is 0.0174. The number of rotatable bonds is 4. The van der Waals surface area contributed by atoms with Crippen LogP contribution in [0, 0.1) is 0 Å². The third-order valence-electron chi connectivity index (χ3n) is 3.54. The summed E-state index contributed by atoms with van der Waals surface area (Å²) >= 11 is 1.73. The number of ether oxygens (including phenoxy) is 1. The van der Waals surface area contributed by atoms with E-state index in [1.54, 1.807) is 30.6 Å². The van der Waals surface area contributed by atoms with E-state index >= 15 is 0 Å². The largest absolute Gasteiger partial charge is 0.508 e. The molecule has 1 aromatic heterocycles. The number of phenols is 1. The molecule has 4 heteroatoms. The highest BCUT2D eigenvalue weighted by Crippen LogP contribution is 2.31. The second kappa shape index (κ2) is 5.66. The minimum atomic E-state index is -0.0174. The Morgan fingerprint density at radius 3 is 2.81 bits per heavy atom. The quantitative estimate of drug-likeness (QED) is 0.728. The van der Waals surface area contributed by atoms with Gasteiger partial charge in [0, 0.05) is 16.0 Å². The Labute approximate surface area is 127 Å². The van der Waals surface area contributed by atoms with Crippen molar-refractivity contribution in [1.82, 2.24) is 0 Å². The van der Waals surface area contributed by atoms with Gasteiger partial charge in [-0.15, -0.1) is 11.3 Å². The topological polar surface area (TPSA) is 41.5 Å². The van der Waals surface area contributed by atoms with Crippen molar-refractivity contribution in [2.75, 3.05) is 12.4 Å². The van der Waals surface area contributed by atoms with Crippen LogP contribution in [0.15, 0.2) is 47.8 Å². The van der Waals surface area contributed by atoms with Crippen LogP contribution < -0.4 is 10.1 Å². The predicted octanol–water partition coefficient (Wildman–Crippen LogP) is 4.79. The van der Waals surface area contributed by atoms with Crippen LogP contribution in [0.2, 0.25) is 0 Å². The molecule has 2 aromatic carbocycles. The molecule has 0 aliphatic rings. The summed E-state index contributed by atoms with van der Waals surface area (Å²) in [5, 5.41) is 16.8. The number of phenolic OH excluding ortho intramolecular Hbond substituents is 1. The number of hydrogen-bond acceptors (Lipinski definition) is 4. The molecule has 0 fully saturated rings. The van der Waals surface area contributed by atoms with Crippen molar-refractivity contribution in [2.45, 2.75) is 13.0 Å². The molecule has 0 saturated heterocycles. The monoisotopic (exact) mass is 299 g/mol. The first kappa shape index (κ1) is 13.8. The molecule has 0 saturated carbocycles. The third kappa shape index (κ3) is 2.81. The Hall–Kier alpha value is -2.20. The Bertz CT molecular complexity index is 766. The average molecular weight is 299 g/mol. The first-order valence-corrected chi connectivity index (χ1v) is 7.66. The van der Waals surface area contributed by atoms with Crippen LogP contribution in [0.1, 0.15) is 18.5 Å².